The van der Waals surface area contributed by atoms with Crippen LogP contribution in [0.25, 0.3) is 11.1 Å². The summed E-state index contributed by atoms with van der Waals surface area (Å²) in [6, 6.07) is 9.79. The molecule has 3 nitrogen and oxygen atoms in total. The average molecular weight is 247 g/mol. The lowest BCUT2D eigenvalue weighted by Crippen LogP contribution is -1.95. The van der Waals surface area contributed by atoms with Crippen LogP contribution in [0, 0.1) is 5.82 Å². The second-order valence-electron chi connectivity index (χ2n) is 3.77. The molecule has 0 aliphatic heterocycles. The first-order valence-electron chi connectivity index (χ1n) is 5.43. The van der Waals surface area contributed by atoms with Crippen LogP contribution in [0.4, 0.5) is 10.1 Å². The summed E-state index contributed by atoms with van der Waals surface area (Å²) in [5, 5.41) is 0. The lowest BCUT2D eigenvalue weighted by molar-refractivity contribution is 0.355. The van der Waals surface area contributed by atoms with Gasteiger partial charge in [-0.05, 0) is 29.8 Å². The monoisotopic (exact) mass is 247 g/mol. The minimum Gasteiger partial charge on any atom is -0.493 e. The Kier molecular flexibility index (Phi) is 3.37. The van der Waals surface area contributed by atoms with Gasteiger partial charge in [0.2, 0.25) is 0 Å². The molecule has 0 aromatic heterocycles. The zero-order chi connectivity index (χ0) is 13.1. The molecule has 0 atom stereocenters. The zero-order valence-electron chi connectivity index (χ0n) is 10.2. The van der Waals surface area contributed by atoms with Crippen molar-refractivity contribution in [2.24, 2.45) is 0 Å². The number of ether oxygens (including phenoxy) is 2. The molecular weight excluding hydrogens is 233 g/mol. The summed E-state index contributed by atoms with van der Waals surface area (Å²) >= 11 is 0. The number of rotatable bonds is 3. The van der Waals surface area contributed by atoms with Gasteiger partial charge in [0, 0.05) is 11.3 Å². The molecular formula is C14H14FNO2. The van der Waals surface area contributed by atoms with Crippen molar-refractivity contribution in [1.82, 2.24) is 0 Å². The Balaban J connectivity index is 2.58. The maximum atomic E-state index is 13.8. The minimum absolute atomic E-state index is 0.359. The van der Waals surface area contributed by atoms with E-state index >= 15 is 0 Å². The van der Waals surface area contributed by atoms with E-state index in [0.717, 1.165) is 0 Å². The van der Waals surface area contributed by atoms with Crippen LogP contribution in [-0.4, -0.2) is 14.2 Å². The number of benzene rings is 2. The van der Waals surface area contributed by atoms with Crippen LogP contribution in [0.3, 0.4) is 0 Å². The summed E-state index contributed by atoms with van der Waals surface area (Å²) in [6.45, 7) is 0. The van der Waals surface area contributed by atoms with Crippen LogP contribution >= 0.6 is 0 Å². The van der Waals surface area contributed by atoms with E-state index in [1.165, 1.54) is 13.2 Å². The van der Waals surface area contributed by atoms with Crippen LogP contribution < -0.4 is 15.2 Å². The predicted octanol–water partition coefficient (Wildman–Crippen LogP) is 3.09. The van der Waals surface area contributed by atoms with Gasteiger partial charge in [-0.25, -0.2) is 4.39 Å². The van der Waals surface area contributed by atoms with Gasteiger partial charge in [0.1, 0.15) is 5.82 Å². The van der Waals surface area contributed by atoms with Gasteiger partial charge in [0.25, 0.3) is 0 Å². The van der Waals surface area contributed by atoms with Crippen LogP contribution in [0.5, 0.6) is 11.5 Å². The maximum absolute atomic E-state index is 13.8. The molecule has 0 unspecified atom stereocenters. The molecule has 0 radical (unpaired) electrons. The number of anilines is 1. The number of nitrogens with two attached hydrogens (primary N) is 1. The Labute approximate surface area is 105 Å². The Morgan fingerprint density at radius 2 is 1.72 bits per heavy atom. The first-order valence-corrected chi connectivity index (χ1v) is 5.43. The van der Waals surface area contributed by atoms with E-state index in [4.69, 9.17) is 15.2 Å². The Morgan fingerprint density at radius 3 is 2.33 bits per heavy atom. The smallest absolute Gasteiger partial charge is 0.161 e. The molecule has 2 N–H and O–H groups in total. The van der Waals surface area contributed by atoms with Crippen molar-refractivity contribution in [3.8, 4) is 22.6 Å². The van der Waals surface area contributed by atoms with Crippen LogP contribution in [-0.2, 0) is 0 Å². The molecule has 2 rings (SSSR count). The molecule has 4 heteroatoms. The van der Waals surface area contributed by atoms with Gasteiger partial charge in [-0.1, -0.05) is 12.1 Å². The molecule has 0 bridgehead atoms. The van der Waals surface area contributed by atoms with E-state index in [9.17, 15) is 4.39 Å². The van der Waals surface area contributed by atoms with E-state index in [2.05, 4.69) is 0 Å². The van der Waals surface area contributed by atoms with Gasteiger partial charge < -0.3 is 15.2 Å². The van der Waals surface area contributed by atoms with Gasteiger partial charge in [-0.2, -0.15) is 0 Å². The molecule has 0 heterocycles. The average Bonchev–Trinajstić information content (AvgIpc) is 2.38. The van der Waals surface area contributed by atoms with E-state index < -0.39 is 0 Å². The molecule has 94 valence electrons. The van der Waals surface area contributed by atoms with Crippen molar-refractivity contribution < 1.29 is 13.9 Å². The highest BCUT2D eigenvalue weighted by molar-refractivity contribution is 5.78. The third kappa shape index (κ3) is 2.09. The first kappa shape index (κ1) is 12.2. The Bertz CT molecular complexity index is 549. The van der Waals surface area contributed by atoms with Gasteiger partial charge in [0.15, 0.2) is 11.5 Å². The van der Waals surface area contributed by atoms with E-state index in [0.29, 0.717) is 28.3 Å². The number of hydrogen-bond donors (Lipinski definition) is 1. The summed E-state index contributed by atoms with van der Waals surface area (Å²) in [5.74, 6) is 0.774. The standard InChI is InChI=1S/C14H14FNO2/c1-17-12-7-6-9(8-13(12)18-2)14-10(15)4-3-5-11(14)16/h3-8H,16H2,1-2H3. The molecule has 0 spiro atoms. The summed E-state index contributed by atoms with van der Waals surface area (Å²) in [7, 11) is 3.08. The molecule has 0 aliphatic carbocycles. The van der Waals surface area contributed by atoms with Gasteiger partial charge >= 0.3 is 0 Å². The quantitative estimate of drug-likeness (QED) is 0.848. The highest BCUT2D eigenvalue weighted by atomic mass is 19.1. The summed E-state index contributed by atoms with van der Waals surface area (Å²) in [5.41, 5.74) is 7.22. The fraction of sp³-hybridized carbons (Fsp3) is 0.143. The highest BCUT2D eigenvalue weighted by Crippen LogP contribution is 2.35. The maximum Gasteiger partial charge on any atom is 0.161 e. The Hall–Kier alpha value is -2.23. The molecule has 0 saturated heterocycles. The first-order chi connectivity index (χ1) is 8.67. The molecule has 2 aromatic carbocycles. The minimum atomic E-state index is -0.359. The zero-order valence-corrected chi connectivity index (χ0v) is 10.2. The SMILES string of the molecule is COc1ccc(-c2c(N)cccc2F)cc1OC. The van der Waals surface area contributed by atoms with Crippen LogP contribution in [0.1, 0.15) is 0 Å². The van der Waals surface area contributed by atoms with E-state index in [-0.39, 0.29) is 5.82 Å². The lowest BCUT2D eigenvalue weighted by atomic mass is 10.0. The number of hydrogen-bond acceptors (Lipinski definition) is 3. The topological polar surface area (TPSA) is 44.5 Å². The molecule has 0 aliphatic rings. The van der Waals surface area contributed by atoms with Crippen molar-refractivity contribution in [3.05, 3.63) is 42.2 Å². The van der Waals surface area contributed by atoms with Crippen molar-refractivity contribution >= 4 is 5.69 Å². The van der Waals surface area contributed by atoms with Crippen LogP contribution in [0.2, 0.25) is 0 Å². The second-order valence-corrected chi connectivity index (χ2v) is 3.77. The second kappa shape index (κ2) is 4.96. The fourth-order valence-electron chi connectivity index (χ4n) is 1.84. The van der Waals surface area contributed by atoms with Crippen molar-refractivity contribution in [2.45, 2.75) is 0 Å². The fourth-order valence-corrected chi connectivity index (χ4v) is 1.84. The van der Waals surface area contributed by atoms with E-state index in [1.807, 2.05) is 0 Å². The summed E-state index contributed by atoms with van der Waals surface area (Å²) < 4.78 is 24.1. The summed E-state index contributed by atoms with van der Waals surface area (Å²) in [6.07, 6.45) is 0. The largest absolute Gasteiger partial charge is 0.493 e. The molecule has 0 saturated carbocycles. The van der Waals surface area contributed by atoms with E-state index in [1.54, 1.807) is 37.4 Å². The molecule has 18 heavy (non-hydrogen) atoms. The number of methoxy groups -OCH3 is 2. The Morgan fingerprint density at radius 1 is 1.00 bits per heavy atom. The predicted molar refractivity (Wildman–Crippen MR) is 69.4 cm³/mol. The molecule has 0 amide bonds. The van der Waals surface area contributed by atoms with Crippen molar-refractivity contribution in [3.63, 3.8) is 0 Å². The van der Waals surface area contributed by atoms with Crippen LogP contribution in [0.15, 0.2) is 36.4 Å². The number of halogens is 1. The van der Waals surface area contributed by atoms with Gasteiger partial charge in [-0.15, -0.1) is 0 Å². The normalized spacial score (nSPS) is 10.2. The number of nitrogen functional groups attached to an aromatic ring is 1. The van der Waals surface area contributed by atoms with Crippen molar-refractivity contribution in [1.29, 1.82) is 0 Å². The van der Waals surface area contributed by atoms with Gasteiger partial charge in [-0.3, -0.25) is 0 Å². The third-order valence-corrected chi connectivity index (χ3v) is 2.72. The van der Waals surface area contributed by atoms with Gasteiger partial charge in [0.05, 0.1) is 14.2 Å². The lowest BCUT2D eigenvalue weighted by Gasteiger charge is -2.11. The molecule has 0 fully saturated rings. The van der Waals surface area contributed by atoms with Crippen molar-refractivity contribution in [2.75, 3.05) is 20.0 Å². The highest BCUT2D eigenvalue weighted by Gasteiger charge is 2.12. The third-order valence-electron chi connectivity index (χ3n) is 2.72. The molecule has 2 aromatic rings. The summed E-state index contributed by atoms with van der Waals surface area (Å²) in [4.78, 5) is 0.